The number of nitrogens with zero attached hydrogens (tertiary/aromatic N) is 5. The van der Waals surface area contributed by atoms with E-state index in [-0.39, 0.29) is 17.9 Å². The number of para-hydroxylation sites is 1. The van der Waals surface area contributed by atoms with E-state index < -0.39 is 0 Å². The summed E-state index contributed by atoms with van der Waals surface area (Å²) >= 11 is 0. The molecule has 0 saturated carbocycles. The number of aryl methyl sites for hydroxylation is 3. The monoisotopic (exact) mass is 432 g/mol. The first-order valence-corrected chi connectivity index (χ1v) is 11.0. The maximum Gasteiger partial charge on any atom is 0.259 e. The van der Waals surface area contributed by atoms with Crippen molar-refractivity contribution in [3.8, 4) is 0 Å². The van der Waals surface area contributed by atoms with Gasteiger partial charge in [0.1, 0.15) is 5.82 Å². The summed E-state index contributed by atoms with van der Waals surface area (Å²) in [5, 5.41) is 2.86. The van der Waals surface area contributed by atoms with Gasteiger partial charge in [0.25, 0.3) is 5.91 Å². The van der Waals surface area contributed by atoms with Crippen molar-refractivity contribution in [1.29, 1.82) is 0 Å². The molecule has 1 aliphatic heterocycles. The second-order valence-electron chi connectivity index (χ2n) is 8.06. The van der Waals surface area contributed by atoms with Crippen LogP contribution in [-0.4, -0.2) is 42.8 Å². The predicted molar refractivity (Wildman–Crippen MR) is 121 cm³/mol. The zero-order valence-corrected chi connectivity index (χ0v) is 18.5. The third-order valence-corrected chi connectivity index (χ3v) is 5.86. The molecule has 3 heterocycles. The van der Waals surface area contributed by atoms with Gasteiger partial charge in [-0.25, -0.2) is 15.0 Å². The largest absolute Gasteiger partial charge is 0.335 e. The summed E-state index contributed by atoms with van der Waals surface area (Å²) in [6.45, 7) is 5.25. The number of rotatable bonds is 7. The molecule has 1 fully saturated rings. The Morgan fingerprint density at radius 2 is 1.97 bits per heavy atom. The molecule has 8 nitrogen and oxygen atoms in total. The molecule has 1 saturated heterocycles. The summed E-state index contributed by atoms with van der Waals surface area (Å²) in [4.78, 5) is 40.7. The smallest absolute Gasteiger partial charge is 0.259 e. The highest BCUT2D eigenvalue weighted by molar-refractivity contribution is 6.04. The van der Waals surface area contributed by atoms with E-state index >= 15 is 0 Å². The van der Waals surface area contributed by atoms with Crippen LogP contribution in [0.5, 0.6) is 0 Å². The van der Waals surface area contributed by atoms with Gasteiger partial charge >= 0.3 is 0 Å². The summed E-state index contributed by atoms with van der Waals surface area (Å²) in [7, 11) is 0. The van der Waals surface area contributed by atoms with Crippen molar-refractivity contribution in [3.05, 3.63) is 71.8 Å². The van der Waals surface area contributed by atoms with Crippen LogP contribution in [0.2, 0.25) is 0 Å². The van der Waals surface area contributed by atoms with Gasteiger partial charge in [0.05, 0.1) is 17.3 Å². The van der Waals surface area contributed by atoms with E-state index in [1.165, 1.54) is 0 Å². The second-order valence-corrected chi connectivity index (χ2v) is 8.06. The molecule has 1 aromatic carbocycles. The molecule has 32 heavy (non-hydrogen) atoms. The number of nitrogens with one attached hydrogen (secondary N) is 1. The minimum absolute atomic E-state index is 0.123. The molecule has 166 valence electrons. The van der Waals surface area contributed by atoms with Crippen LogP contribution >= 0.6 is 0 Å². The minimum atomic E-state index is -0.241. The van der Waals surface area contributed by atoms with Gasteiger partial charge in [0.15, 0.2) is 5.82 Å². The average Bonchev–Trinajstić information content (AvgIpc) is 3.43. The Balaban J connectivity index is 1.39. The lowest BCUT2D eigenvalue weighted by Crippen LogP contribution is -2.31. The highest BCUT2D eigenvalue weighted by Crippen LogP contribution is 2.31. The molecular weight excluding hydrogens is 404 g/mol. The summed E-state index contributed by atoms with van der Waals surface area (Å²) in [5.41, 5.74) is 1.77. The predicted octanol–water partition coefficient (Wildman–Crippen LogP) is 3.69. The van der Waals surface area contributed by atoms with Crippen LogP contribution in [0.4, 0.5) is 5.69 Å². The van der Waals surface area contributed by atoms with Crippen LogP contribution in [0.15, 0.2) is 48.9 Å². The van der Waals surface area contributed by atoms with E-state index in [9.17, 15) is 9.59 Å². The van der Waals surface area contributed by atoms with Crippen LogP contribution < -0.4 is 5.32 Å². The van der Waals surface area contributed by atoms with Gasteiger partial charge in [-0.2, -0.15) is 0 Å². The number of benzene rings is 1. The number of hydrogen-bond acceptors (Lipinski definition) is 5. The van der Waals surface area contributed by atoms with Gasteiger partial charge in [-0.3, -0.25) is 9.59 Å². The number of anilines is 1. The average molecular weight is 433 g/mol. The van der Waals surface area contributed by atoms with Crippen LogP contribution in [0.1, 0.15) is 59.4 Å². The number of amides is 2. The van der Waals surface area contributed by atoms with E-state index in [1.807, 2.05) is 48.4 Å². The minimum Gasteiger partial charge on any atom is -0.335 e. The van der Waals surface area contributed by atoms with Crippen molar-refractivity contribution in [2.75, 3.05) is 11.9 Å². The van der Waals surface area contributed by atoms with Gasteiger partial charge in [0, 0.05) is 43.8 Å². The van der Waals surface area contributed by atoms with Gasteiger partial charge in [-0.15, -0.1) is 0 Å². The first kappa shape index (κ1) is 21.7. The zero-order chi connectivity index (χ0) is 22.5. The van der Waals surface area contributed by atoms with Crippen molar-refractivity contribution in [2.24, 2.45) is 0 Å². The second kappa shape index (κ2) is 9.72. The SMILES string of the molecule is Cc1nc(C2CCCN2C(=O)CCCn2ccnc2C)ncc1C(=O)Nc1ccccc1. The number of imidazole rings is 1. The fourth-order valence-electron chi connectivity index (χ4n) is 4.11. The van der Waals surface area contributed by atoms with Gasteiger partial charge < -0.3 is 14.8 Å². The molecule has 1 unspecified atom stereocenters. The lowest BCUT2D eigenvalue weighted by Gasteiger charge is -2.24. The van der Waals surface area contributed by atoms with E-state index in [1.54, 1.807) is 19.3 Å². The van der Waals surface area contributed by atoms with Crippen molar-refractivity contribution < 1.29 is 9.59 Å². The summed E-state index contributed by atoms with van der Waals surface area (Å²) in [5.74, 6) is 1.44. The molecule has 0 spiro atoms. The molecule has 2 amide bonds. The molecule has 1 N–H and O–H groups in total. The lowest BCUT2D eigenvalue weighted by molar-refractivity contribution is -0.132. The molecule has 1 aliphatic rings. The van der Waals surface area contributed by atoms with Crippen molar-refractivity contribution in [3.63, 3.8) is 0 Å². The molecule has 0 bridgehead atoms. The molecule has 3 aromatic rings. The highest BCUT2D eigenvalue weighted by Gasteiger charge is 2.32. The maximum atomic E-state index is 12.9. The van der Waals surface area contributed by atoms with Crippen LogP contribution in [0.25, 0.3) is 0 Å². The quantitative estimate of drug-likeness (QED) is 0.615. The fraction of sp³-hybridized carbons (Fsp3) is 0.375. The molecule has 2 aromatic heterocycles. The highest BCUT2D eigenvalue weighted by atomic mass is 16.2. The molecule has 8 heteroatoms. The number of carbonyl (C=O) groups excluding carboxylic acids is 2. The lowest BCUT2D eigenvalue weighted by atomic mass is 10.1. The molecule has 4 rings (SSSR count). The van der Waals surface area contributed by atoms with Gasteiger partial charge in [-0.1, -0.05) is 18.2 Å². The molecule has 0 aliphatic carbocycles. The van der Waals surface area contributed by atoms with E-state index in [0.717, 1.165) is 37.3 Å². The number of aromatic nitrogens is 4. The first-order chi connectivity index (χ1) is 15.5. The van der Waals surface area contributed by atoms with Crippen molar-refractivity contribution in [1.82, 2.24) is 24.4 Å². The fourth-order valence-corrected chi connectivity index (χ4v) is 4.11. The zero-order valence-electron chi connectivity index (χ0n) is 18.5. The van der Waals surface area contributed by atoms with Crippen molar-refractivity contribution >= 4 is 17.5 Å². The number of carbonyl (C=O) groups is 2. The topological polar surface area (TPSA) is 93.0 Å². The van der Waals surface area contributed by atoms with Gasteiger partial charge in [-0.05, 0) is 45.2 Å². The Bertz CT molecular complexity index is 1090. The molecular formula is C24H28N6O2. The standard InChI is InChI=1S/C24H28N6O2/c1-17-20(24(32)28-19-8-4-3-5-9-19)16-26-23(27-17)21-10-6-14-30(21)22(31)11-7-13-29-15-12-25-18(29)2/h3-5,8-9,12,15-16,21H,6-7,10-11,13-14H2,1-2H3,(H,28,32). The summed E-state index contributed by atoms with van der Waals surface area (Å²) in [6, 6.07) is 9.15. The summed E-state index contributed by atoms with van der Waals surface area (Å²) < 4.78 is 2.06. The number of likely N-dealkylation sites (tertiary alicyclic amines) is 1. The van der Waals surface area contributed by atoms with Crippen LogP contribution in [0.3, 0.4) is 0 Å². The Morgan fingerprint density at radius 1 is 1.16 bits per heavy atom. The van der Waals surface area contributed by atoms with Crippen molar-refractivity contribution in [2.45, 2.75) is 52.1 Å². The van der Waals surface area contributed by atoms with E-state index in [4.69, 9.17) is 0 Å². The third kappa shape index (κ3) is 4.85. The van der Waals surface area contributed by atoms with Crippen LogP contribution in [0, 0.1) is 13.8 Å². The first-order valence-electron chi connectivity index (χ1n) is 11.0. The Labute approximate surface area is 187 Å². The maximum absolute atomic E-state index is 12.9. The van der Waals surface area contributed by atoms with E-state index in [0.29, 0.717) is 30.0 Å². The third-order valence-electron chi connectivity index (χ3n) is 5.86. The Hall–Kier alpha value is -3.55. The number of hydrogen-bond donors (Lipinski definition) is 1. The van der Waals surface area contributed by atoms with Gasteiger partial charge in [0.2, 0.25) is 5.91 Å². The van der Waals surface area contributed by atoms with E-state index in [2.05, 4.69) is 24.8 Å². The molecule has 0 radical (unpaired) electrons. The molecule has 1 atom stereocenters. The van der Waals surface area contributed by atoms with Crippen LogP contribution in [-0.2, 0) is 11.3 Å². The Morgan fingerprint density at radius 3 is 2.69 bits per heavy atom. The Kier molecular flexibility index (Phi) is 6.58. The normalized spacial score (nSPS) is 15.7. The summed E-state index contributed by atoms with van der Waals surface area (Å²) in [6.07, 6.45) is 8.28.